The van der Waals surface area contributed by atoms with Crippen LogP contribution < -0.4 is 9.72 Å². The van der Waals surface area contributed by atoms with Crippen molar-refractivity contribution in [3.63, 3.8) is 0 Å². The van der Waals surface area contributed by atoms with Crippen molar-refractivity contribution < 1.29 is 24.4 Å². The number of fused-ring (bicyclic) bond motifs is 3. The zero-order valence-corrected chi connectivity index (χ0v) is 16.9. The van der Waals surface area contributed by atoms with E-state index in [1.807, 2.05) is 42.7 Å². The Morgan fingerprint density at radius 1 is 1.17 bits per heavy atom. The number of nitrogens with one attached hydrogen (secondary N) is 2. The summed E-state index contributed by atoms with van der Waals surface area (Å²) in [5.74, 6) is -0.180. The average Bonchev–Trinajstić information content (AvgIpc) is 3.09. The van der Waals surface area contributed by atoms with Gasteiger partial charge in [0.05, 0.1) is 17.7 Å². The lowest BCUT2D eigenvalue weighted by Gasteiger charge is -2.11. The number of aryl methyl sites for hydroxylation is 1. The van der Waals surface area contributed by atoms with Gasteiger partial charge in [-0.1, -0.05) is 18.2 Å². The number of rotatable bonds is 9. The van der Waals surface area contributed by atoms with Crippen LogP contribution in [-0.4, -0.2) is 35.9 Å². The first-order valence-electron chi connectivity index (χ1n) is 10.0. The number of aromatic amines is 2. The lowest BCUT2D eigenvalue weighted by molar-refractivity contribution is -0.375. The third-order valence-electron chi connectivity index (χ3n) is 5.38. The topological polar surface area (TPSA) is 85.7 Å². The Labute approximate surface area is 174 Å². The van der Waals surface area contributed by atoms with Crippen LogP contribution in [0.25, 0.3) is 22.0 Å². The Morgan fingerprint density at radius 3 is 2.77 bits per heavy atom. The van der Waals surface area contributed by atoms with E-state index in [9.17, 15) is 4.79 Å². The molecule has 1 atom stereocenters. The van der Waals surface area contributed by atoms with E-state index < -0.39 is 12.1 Å². The van der Waals surface area contributed by atoms with E-state index >= 15 is 0 Å². The monoisotopic (exact) mass is 405 g/mol. The highest BCUT2D eigenvalue weighted by molar-refractivity contribution is 6.03. The van der Waals surface area contributed by atoms with Crippen LogP contribution in [0.2, 0.25) is 0 Å². The van der Waals surface area contributed by atoms with Crippen LogP contribution in [0.5, 0.6) is 5.75 Å². The van der Waals surface area contributed by atoms with Gasteiger partial charge in [0.2, 0.25) is 0 Å². The number of hydrogen-bond donors (Lipinski definition) is 2. The summed E-state index contributed by atoms with van der Waals surface area (Å²) in [4.78, 5) is 17.7. The van der Waals surface area contributed by atoms with Gasteiger partial charge < -0.3 is 19.6 Å². The van der Waals surface area contributed by atoms with Gasteiger partial charge in [0.25, 0.3) is 0 Å². The molecular formula is C24H25N2O4+. The molecule has 1 unspecified atom stereocenters. The molecule has 0 spiro atoms. The molecule has 1 aliphatic carbocycles. The predicted octanol–water partition coefficient (Wildman–Crippen LogP) is 3.74. The number of hydrogen-bond acceptors (Lipinski definition) is 3. The van der Waals surface area contributed by atoms with Gasteiger partial charge in [-0.2, -0.15) is 0 Å². The number of H-pyrrole nitrogens is 2. The normalized spacial score (nSPS) is 12.3. The highest BCUT2D eigenvalue weighted by Gasteiger charge is 2.19. The molecule has 154 valence electrons. The van der Waals surface area contributed by atoms with E-state index in [2.05, 4.69) is 28.3 Å². The molecule has 0 radical (unpaired) electrons. The van der Waals surface area contributed by atoms with Gasteiger partial charge in [-0.25, -0.2) is 9.78 Å². The minimum atomic E-state index is -0.958. The maximum Gasteiger partial charge on any atom is 0.333 e. The van der Waals surface area contributed by atoms with Gasteiger partial charge in [-0.05, 0) is 42.2 Å². The molecule has 30 heavy (non-hydrogen) atoms. The van der Waals surface area contributed by atoms with E-state index in [0.717, 1.165) is 24.2 Å². The molecule has 1 aromatic carbocycles. The second-order valence-corrected chi connectivity index (χ2v) is 7.27. The molecule has 0 fully saturated rings. The first-order valence-corrected chi connectivity index (χ1v) is 10.0. The number of aromatic nitrogens is 2. The van der Waals surface area contributed by atoms with Gasteiger partial charge in [0.15, 0.2) is 18.5 Å². The van der Waals surface area contributed by atoms with Gasteiger partial charge in [0, 0.05) is 36.7 Å². The summed E-state index contributed by atoms with van der Waals surface area (Å²) in [6.07, 6.45) is 7.27. The molecule has 0 saturated carbocycles. The fourth-order valence-corrected chi connectivity index (χ4v) is 3.87. The first kappa shape index (κ1) is 19.9. The second-order valence-electron chi connectivity index (χ2n) is 7.27. The number of carbonyl (C=O) groups is 1. The molecule has 6 nitrogen and oxygen atoms in total. The summed E-state index contributed by atoms with van der Waals surface area (Å²) >= 11 is 0. The molecule has 1 aromatic heterocycles. The molecule has 4 rings (SSSR count). The fourth-order valence-electron chi connectivity index (χ4n) is 3.87. The molecule has 6 heteroatoms. The van der Waals surface area contributed by atoms with Crippen molar-refractivity contribution in [1.82, 2.24) is 4.98 Å². The molecule has 0 amide bonds. The second kappa shape index (κ2) is 8.97. The van der Waals surface area contributed by atoms with Crippen LogP contribution in [0.1, 0.15) is 17.5 Å². The Balaban J connectivity index is 1.36. The average molecular weight is 405 g/mol. The van der Waals surface area contributed by atoms with Crippen LogP contribution in [0.3, 0.4) is 0 Å². The molecule has 3 N–H and O–H groups in total. The van der Waals surface area contributed by atoms with Gasteiger partial charge >= 0.3 is 5.97 Å². The molecule has 2 heterocycles. The van der Waals surface area contributed by atoms with Crippen molar-refractivity contribution in [3.8, 4) is 17.0 Å². The van der Waals surface area contributed by atoms with Crippen molar-refractivity contribution in [2.45, 2.75) is 25.4 Å². The number of methoxy groups -OCH3 is 1. The number of aliphatic carboxylic acids is 1. The Kier molecular flexibility index (Phi) is 5.95. The van der Waals surface area contributed by atoms with Gasteiger partial charge in [-0.15, -0.1) is 0 Å². The summed E-state index contributed by atoms with van der Waals surface area (Å²) in [5, 5.41) is 11.6. The maximum atomic E-state index is 11.1. The number of carboxylic acids is 1. The standard InChI is InChI=1S/C24H24N2O4/c1-29-22(24(27)28)14-16-6-8-17(9-7-16)30-13-3-5-20-21-15-25-12-10-18(21)19-4-2-11-26-23(19)20/h2,4,6-12,15,22,26H,3,5,13-14H2,1H3,(H,27,28)/p+1. The molecule has 1 aliphatic heterocycles. The Hall–Kier alpha value is -3.38. The maximum absolute atomic E-state index is 11.1. The van der Waals surface area contributed by atoms with Gasteiger partial charge in [-0.3, -0.25) is 0 Å². The number of benzene rings is 1. The van der Waals surface area contributed by atoms with E-state index in [1.54, 1.807) is 0 Å². The summed E-state index contributed by atoms with van der Waals surface area (Å²) in [5.41, 5.74) is 4.63. The highest BCUT2D eigenvalue weighted by Crippen LogP contribution is 2.37. The fraction of sp³-hybridized carbons (Fsp3) is 0.250. The Bertz CT molecular complexity index is 1100. The van der Waals surface area contributed by atoms with E-state index in [-0.39, 0.29) is 0 Å². The zero-order valence-electron chi connectivity index (χ0n) is 16.9. The minimum absolute atomic E-state index is 0.330. The zero-order chi connectivity index (χ0) is 20.9. The van der Waals surface area contributed by atoms with Crippen molar-refractivity contribution >= 4 is 16.7 Å². The molecular weight excluding hydrogens is 380 g/mol. The van der Waals surface area contributed by atoms with Crippen LogP contribution >= 0.6 is 0 Å². The molecule has 2 aliphatic rings. The summed E-state index contributed by atoms with van der Waals surface area (Å²) in [6, 6.07) is 13.8. The predicted molar refractivity (Wildman–Crippen MR) is 114 cm³/mol. The minimum Gasteiger partial charge on any atom is -0.494 e. The van der Waals surface area contributed by atoms with Crippen LogP contribution in [-0.2, 0) is 22.4 Å². The quantitative estimate of drug-likeness (QED) is 0.416. The number of ether oxygens (including phenoxy) is 2. The van der Waals surface area contributed by atoms with Crippen molar-refractivity contribution in [2.24, 2.45) is 0 Å². The third-order valence-corrected chi connectivity index (χ3v) is 5.38. The van der Waals surface area contributed by atoms with Crippen molar-refractivity contribution in [1.29, 1.82) is 0 Å². The van der Waals surface area contributed by atoms with Crippen molar-refractivity contribution in [2.75, 3.05) is 13.7 Å². The lowest BCUT2D eigenvalue weighted by Crippen LogP contribution is -2.24. The largest absolute Gasteiger partial charge is 0.494 e. The summed E-state index contributed by atoms with van der Waals surface area (Å²) in [7, 11) is 1.41. The molecule has 2 aromatic rings. The Morgan fingerprint density at radius 2 is 2.00 bits per heavy atom. The highest BCUT2D eigenvalue weighted by atomic mass is 16.5. The first-order chi connectivity index (χ1) is 14.7. The van der Waals surface area contributed by atoms with Crippen LogP contribution in [0.15, 0.2) is 61.1 Å². The van der Waals surface area contributed by atoms with Crippen molar-refractivity contribution in [3.05, 3.63) is 72.2 Å². The van der Waals surface area contributed by atoms with E-state index in [0.29, 0.717) is 13.0 Å². The van der Waals surface area contributed by atoms with E-state index in [1.165, 1.54) is 34.7 Å². The molecule has 0 bridgehead atoms. The summed E-state index contributed by atoms with van der Waals surface area (Å²) < 4.78 is 10.9. The van der Waals surface area contributed by atoms with Crippen LogP contribution in [0.4, 0.5) is 0 Å². The smallest absolute Gasteiger partial charge is 0.333 e. The summed E-state index contributed by atoms with van der Waals surface area (Å²) in [6.45, 7) is 0.604. The molecule has 0 saturated heterocycles. The lowest BCUT2D eigenvalue weighted by atomic mass is 10.1. The van der Waals surface area contributed by atoms with Crippen LogP contribution in [0, 0.1) is 0 Å². The van der Waals surface area contributed by atoms with Gasteiger partial charge in [0.1, 0.15) is 5.75 Å². The number of carboxylic acid groups (broad SMARTS) is 1. The number of pyridine rings is 2. The SMILES string of the molecule is COC(Cc1ccc(OCCCc2c3[nH]cccc-3c3cc[nH+]cc23)cc1)C(=O)O. The third kappa shape index (κ3) is 4.14. The van der Waals surface area contributed by atoms with E-state index in [4.69, 9.17) is 14.6 Å².